The standard InChI is InChI=1S/C16H23NOS.CH4.H2S/c1-5-17-14-8-12-6-7-15(10-13(12)9-14)19-16(3,4)11(2)18;;/h6-7,10,14,17H,5,8-9H2,1-4H3;1H4;1H2/t14-;;/m0../s1. The fraction of sp³-hybridized carbons (Fsp3) is 0.588. The van der Waals surface area contributed by atoms with E-state index in [1.807, 2.05) is 13.8 Å². The summed E-state index contributed by atoms with van der Waals surface area (Å²) in [6, 6.07) is 7.23. The van der Waals surface area contributed by atoms with Crippen LogP contribution in [0.1, 0.15) is 46.2 Å². The Morgan fingerprint density at radius 1 is 1.33 bits per heavy atom. The smallest absolute Gasteiger partial charge is 0.145 e. The molecule has 1 N–H and O–H groups in total. The highest BCUT2D eigenvalue weighted by atomic mass is 32.2. The van der Waals surface area contributed by atoms with Crippen molar-refractivity contribution in [1.82, 2.24) is 5.32 Å². The number of fused-ring (bicyclic) bond motifs is 1. The largest absolute Gasteiger partial charge is 0.314 e. The number of rotatable bonds is 5. The fourth-order valence-corrected chi connectivity index (χ4v) is 3.53. The van der Waals surface area contributed by atoms with Gasteiger partial charge in [0.05, 0.1) is 4.75 Å². The van der Waals surface area contributed by atoms with Gasteiger partial charge in [0.25, 0.3) is 0 Å². The second kappa shape index (κ2) is 8.25. The van der Waals surface area contributed by atoms with Crippen LogP contribution >= 0.6 is 25.3 Å². The summed E-state index contributed by atoms with van der Waals surface area (Å²) >= 11 is 1.66. The number of hydrogen-bond acceptors (Lipinski definition) is 3. The summed E-state index contributed by atoms with van der Waals surface area (Å²) in [5, 5.41) is 3.52. The molecule has 0 unspecified atom stereocenters. The molecule has 1 aromatic rings. The molecule has 0 amide bonds. The van der Waals surface area contributed by atoms with Crippen molar-refractivity contribution in [3.05, 3.63) is 29.3 Å². The summed E-state index contributed by atoms with van der Waals surface area (Å²) in [5.41, 5.74) is 2.89. The zero-order valence-corrected chi connectivity index (χ0v) is 14.6. The molecule has 0 heterocycles. The first-order chi connectivity index (χ1) is 8.92. The van der Waals surface area contributed by atoms with E-state index in [0.717, 1.165) is 19.4 Å². The van der Waals surface area contributed by atoms with E-state index < -0.39 is 0 Å². The molecule has 4 heteroatoms. The average molecular weight is 328 g/mol. The van der Waals surface area contributed by atoms with Gasteiger partial charge in [-0.2, -0.15) is 13.5 Å². The lowest BCUT2D eigenvalue weighted by Gasteiger charge is -2.20. The highest BCUT2D eigenvalue weighted by Crippen LogP contribution is 2.35. The Morgan fingerprint density at radius 3 is 2.52 bits per heavy atom. The Balaban J connectivity index is 0.00000200. The summed E-state index contributed by atoms with van der Waals surface area (Å²) in [6.07, 6.45) is 2.24. The highest BCUT2D eigenvalue weighted by molar-refractivity contribution is 8.01. The van der Waals surface area contributed by atoms with Crippen molar-refractivity contribution in [3.63, 3.8) is 0 Å². The Morgan fingerprint density at radius 2 is 1.95 bits per heavy atom. The SMILES string of the molecule is C.CCN[C@H]1Cc2ccc(SC(C)(C)C(C)=O)cc2C1.S. The van der Waals surface area contributed by atoms with Crippen LogP contribution < -0.4 is 5.32 Å². The van der Waals surface area contributed by atoms with Crippen molar-refractivity contribution in [2.75, 3.05) is 6.54 Å². The number of thioether (sulfide) groups is 1. The topological polar surface area (TPSA) is 29.1 Å². The molecule has 1 atom stereocenters. The zero-order chi connectivity index (χ0) is 14.0. The van der Waals surface area contributed by atoms with Gasteiger partial charge in [-0.25, -0.2) is 0 Å². The molecule has 21 heavy (non-hydrogen) atoms. The van der Waals surface area contributed by atoms with Crippen molar-refractivity contribution in [1.29, 1.82) is 0 Å². The van der Waals surface area contributed by atoms with E-state index in [0.29, 0.717) is 6.04 Å². The third-order valence-electron chi connectivity index (χ3n) is 3.82. The summed E-state index contributed by atoms with van der Waals surface area (Å²) in [6.45, 7) is 8.84. The lowest BCUT2D eigenvalue weighted by molar-refractivity contribution is -0.118. The van der Waals surface area contributed by atoms with E-state index in [-0.39, 0.29) is 31.5 Å². The van der Waals surface area contributed by atoms with E-state index >= 15 is 0 Å². The monoisotopic (exact) mass is 327 g/mol. The number of Topliss-reactive ketones (excluding diaryl/α,β-unsaturated/α-hetero) is 1. The van der Waals surface area contributed by atoms with Crippen molar-refractivity contribution in [3.8, 4) is 0 Å². The van der Waals surface area contributed by atoms with Crippen LogP contribution in [0.25, 0.3) is 0 Å². The van der Waals surface area contributed by atoms with Gasteiger partial charge in [0.1, 0.15) is 5.78 Å². The van der Waals surface area contributed by atoms with Crippen molar-refractivity contribution < 1.29 is 4.79 Å². The fourth-order valence-electron chi connectivity index (χ4n) is 2.46. The first-order valence-corrected chi connectivity index (χ1v) is 7.79. The van der Waals surface area contributed by atoms with Crippen LogP contribution in [0, 0.1) is 0 Å². The van der Waals surface area contributed by atoms with E-state index in [9.17, 15) is 4.79 Å². The van der Waals surface area contributed by atoms with Crippen LogP contribution in [0.5, 0.6) is 0 Å². The van der Waals surface area contributed by atoms with Gasteiger partial charge < -0.3 is 5.32 Å². The molecule has 0 spiro atoms. The van der Waals surface area contributed by atoms with E-state index in [4.69, 9.17) is 0 Å². The lowest BCUT2D eigenvalue weighted by Crippen LogP contribution is -2.28. The highest BCUT2D eigenvalue weighted by Gasteiger charge is 2.26. The Kier molecular flexibility index (Phi) is 8.08. The zero-order valence-electron chi connectivity index (χ0n) is 12.7. The Hall–Kier alpha value is -0.450. The predicted molar refractivity (Wildman–Crippen MR) is 99.0 cm³/mol. The quantitative estimate of drug-likeness (QED) is 0.830. The number of carbonyl (C=O) groups excluding carboxylic acids is 1. The minimum Gasteiger partial charge on any atom is -0.314 e. The maximum Gasteiger partial charge on any atom is 0.145 e. The van der Waals surface area contributed by atoms with E-state index in [1.54, 1.807) is 18.7 Å². The van der Waals surface area contributed by atoms with Crippen molar-refractivity contribution in [2.45, 2.75) is 63.6 Å². The summed E-state index contributed by atoms with van der Waals surface area (Å²) in [5.74, 6) is 0.225. The molecule has 1 aliphatic carbocycles. The maximum absolute atomic E-state index is 11.6. The number of nitrogens with one attached hydrogen (secondary N) is 1. The van der Waals surface area contributed by atoms with Crippen molar-refractivity contribution >= 4 is 31.0 Å². The third kappa shape index (κ3) is 5.04. The molecule has 0 fully saturated rings. The van der Waals surface area contributed by atoms with Crippen LogP contribution in [-0.2, 0) is 17.6 Å². The molecule has 0 radical (unpaired) electrons. The minimum absolute atomic E-state index is 0. The normalized spacial score (nSPS) is 16.7. The number of hydrogen-bond donors (Lipinski definition) is 1. The molecule has 0 saturated carbocycles. The number of carbonyl (C=O) groups is 1. The van der Waals surface area contributed by atoms with Crippen LogP contribution in [0.3, 0.4) is 0 Å². The molecular formula is C17H29NOS2. The van der Waals surface area contributed by atoms with Crippen LogP contribution in [0.4, 0.5) is 0 Å². The van der Waals surface area contributed by atoms with Gasteiger partial charge in [0.15, 0.2) is 0 Å². The Bertz CT molecular complexity index is 486. The van der Waals surface area contributed by atoms with Crippen molar-refractivity contribution in [2.24, 2.45) is 0 Å². The van der Waals surface area contributed by atoms with Crippen LogP contribution in [0.2, 0.25) is 0 Å². The molecule has 0 bridgehead atoms. The minimum atomic E-state index is -0.339. The van der Waals surface area contributed by atoms with Gasteiger partial charge >= 0.3 is 0 Å². The van der Waals surface area contributed by atoms with Gasteiger partial charge in [-0.15, -0.1) is 11.8 Å². The number of likely N-dealkylation sites (N-methyl/N-ethyl adjacent to an activating group) is 1. The number of benzene rings is 1. The van der Waals surface area contributed by atoms with Gasteiger partial charge in [0, 0.05) is 10.9 Å². The van der Waals surface area contributed by atoms with Gasteiger partial charge in [0.2, 0.25) is 0 Å². The average Bonchev–Trinajstić information content (AvgIpc) is 2.70. The molecule has 2 nitrogen and oxygen atoms in total. The van der Waals surface area contributed by atoms with Crippen LogP contribution in [0.15, 0.2) is 23.1 Å². The number of ketones is 1. The van der Waals surface area contributed by atoms with E-state index in [2.05, 4.69) is 30.4 Å². The lowest BCUT2D eigenvalue weighted by atomic mass is 10.1. The van der Waals surface area contributed by atoms with Gasteiger partial charge in [-0.05, 0) is 63.4 Å². The van der Waals surface area contributed by atoms with E-state index in [1.165, 1.54) is 16.0 Å². The molecule has 120 valence electrons. The predicted octanol–water partition coefficient (Wildman–Crippen LogP) is 3.97. The van der Waals surface area contributed by atoms with Crippen LogP contribution in [-0.4, -0.2) is 23.1 Å². The molecule has 0 aliphatic heterocycles. The van der Waals surface area contributed by atoms with Gasteiger partial charge in [-0.1, -0.05) is 20.4 Å². The van der Waals surface area contributed by atoms with Gasteiger partial charge in [-0.3, -0.25) is 4.79 Å². The molecule has 1 aromatic carbocycles. The third-order valence-corrected chi connectivity index (χ3v) is 5.11. The molecule has 1 aliphatic rings. The second-order valence-corrected chi connectivity index (χ2v) is 7.46. The molecular weight excluding hydrogens is 298 g/mol. The maximum atomic E-state index is 11.6. The first-order valence-electron chi connectivity index (χ1n) is 6.97. The summed E-state index contributed by atoms with van der Waals surface area (Å²) in [7, 11) is 0. The molecule has 0 saturated heterocycles. The Labute approximate surface area is 140 Å². The summed E-state index contributed by atoms with van der Waals surface area (Å²) < 4.78 is -0.339. The molecule has 2 rings (SSSR count). The molecule has 0 aromatic heterocycles. The first kappa shape index (κ1) is 20.6. The second-order valence-electron chi connectivity index (χ2n) is 5.76. The summed E-state index contributed by atoms with van der Waals surface area (Å²) in [4.78, 5) is 12.8.